The molecule has 0 radical (unpaired) electrons. The summed E-state index contributed by atoms with van der Waals surface area (Å²) < 4.78 is 0. The molecule has 0 atom stereocenters. The molecule has 2 N–H and O–H groups in total. The van der Waals surface area contributed by atoms with Crippen molar-refractivity contribution in [2.75, 3.05) is 24.5 Å². The first-order valence-corrected chi connectivity index (χ1v) is 8.38. The van der Waals surface area contributed by atoms with Crippen LogP contribution in [0.1, 0.15) is 11.1 Å². The highest BCUT2D eigenvalue weighted by Gasteiger charge is 2.20. The molecule has 3 rings (SSSR count). The molecule has 2 aromatic rings. The maximum Gasteiger partial charge on any atom is 0.321 e. The molecular formula is C21H19N3O2. The normalized spacial score (nSPS) is 13.2. The van der Waals surface area contributed by atoms with Crippen LogP contribution in [0.3, 0.4) is 0 Å². The average molecular weight is 345 g/mol. The summed E-state index contributed by atoms with van der Waals surface area (Å²) in [6.07, 6.45) is 3.25. The van der Waals surface area contributed by atoms with Crippen molar-refractivity contribution >= 4 is 23.7 Å². The third-order valence-electron chi connectivity index (χ3n) is 3.85. The first-order chi connectivity index (χ1) is 12.7. The Morgan fingerprint density at radius 1 is 1.15 bits per heavy atom. The highest BCUT2D eigenvalue weighted by Crippen LogP contribution is 2.16. The molecular weight excluding hydrogens is 326 g/mol. The van der Waals surface area contributed by atoms with Gasteiger partial charge in [-0.1, -0.05) is 42.2 Å². The van der Waals surface area contributed by atoms with Gasteiger partial charge in [0.25, 0.3) is 0 Å². The van der Waals surface area contributed by atoms with Crippen molar-refractivity contribution in [2.24, 2.45) is 0 Å². The van der Waals surface area contributed by atoms with Crippen molar-refractivity contribution in [1.29, 1.82) is 0 Å². The Kier molecular flexibility index (Phi) is 5.69. The summed E-state index contributed by atoms with van der Waals surface area (Å²) in [6, 6.07) is 17.0. The Morgan fingerprint density at radius 3 is 2.62 bits per heavy atom. The van der Waals surface area contributed by atoms with Gasteiger partial charge in [0.1, 0.15) is 0 Å². The second-order valence-corrected chi connectivity index (χ2v) is 5.69. The summed E-state index contributed by atoms with van der Waals surface area (Å²) >= 11 is 0. The van der Waals surface area contributed by atoms with Crippen LogP contribution in [0.25, 0.3) is 6.08 Å². The maximum atomic E-state index is 11.7. The Balaban J connectivity index is 1.48. The number of nitrogens with one attached hydrogen (secondary N) is 2. The topological polar surface area (TPSA) is 61.4 Å². The van der Waals surface area contributed by atoms with Crippen LogP contribution in [0.15, 0.2) is 60.7 Å². The second-order valence-electron chi connectivity index (χ2n) is 5.69. The number of nitrogens with zero attached hydrogens (tertiary/aromatic N) is 1. The smallest absolute Gasteiger partial charge is 0.321 e. The second kappa shape index (κ2) is 8.54. The standard InChI is InChI=1S/C21H19N3O2/c25-20(13-10-17-5-2-1-3-6-17)22-14-4-7-18-8-11-19(12-9-18)24-16-15-23-21(24)26/h1-3,5-6,8-13H,14-16H2,(H,22,25)(H,23,26)/b13-10+. The van der Waals surface area contributed by atoms with Crippen LogP contribution in [0, 0.1) is 11.8 Å². The summed E-state index contributed by atoms with van der Waals surface area (Å²) in [5.74, 6) is 5.73. The maximum absolute atomic E-state index is 11.7. The number of anilines is 1. The van der Waals surface area contributed by atoms with Gasteiger partial charge in [0, 0.05) is 30.4 Å². The number of hydrogen-bond acceptors (Lipinski definition) is 2. The average Bonchev–Trinajstić information content (AvgIpc) is 3.11. The SMILES string of the molecule is O=C(/C=C/c1ccccc1)NCC#Cc1ccc(N2CCNC2=O)cc1. The first-order valence-electron chi connectivity index (χ1n) is 8.38. The zero-order chi connectivity index (χ0) is 18.2. The molecule has 0 aromatic heterocycles. The number of carbonyl (C=O) groups excluding carboxylic acids is 2. The molecule has 1 heterocycles. The van der Waals surface area contributed by atoms with E-state index in [9.17, 15) is 9.59 Å². The number of amides is 3. The summed E-state index contributed by atoms with van der Waals surface area (Å²) in [6.45, 7) is 1.61. The molecule has 0 aliphatic carbocycles. The zero-order valence-electron chi connectivity index (χ0n) is 14.2. The van der Waals surface area contributed by atoms with Gasteiger partial charge in [-0.25, -0.2) is 4.79 Å². The van der Waals surface area contributed by atoms with E-state index in [2.05, 4.69) is 22.5 Å². The van der Waals surface area contributed by atoms with Crippen molar-refractivity contribution in [3.63, 3.8) is 0 Å². The molecule has 1 fully saturated rings. The van der Waals surface area contributed by atoms with Gasteiger partial charge in [-0.15, -0.1) is 0 Å². The number of benzene rings is 2. The van der Waals surface area contributed by atoms with E-state index in [-0.39, 0.29) is 18.5 Å². The van der Waals surface area contributed by atoms with Crippen LogP contribution >= 0.6 is 0 Å². The lowest BCUT2D eigenvalue weighted by Gasteiger charge is -2.13. The fourth-order valence-corrected chi connectivity index (χ4v) is 2.52. The molecule has 5 nitrogen and oxygen atoms in total. The van der Waals surface area contributed by atoms with Crippen molar-refractivity contribution in [1.82, 2.24) is 10.6 Å². The molecule has 0 unspecified atom stereocenters. The number of carbonyl (C=O) groups is 2. The minimum atomic E-state index is -0.182. The molecule has 1 saturated heterocycles. The third-order valence-corrected chi connectivity index (χ3v) is 3.85. The van der Waals surface area contributed by atoms with E-state index < -0.39 is 0 Å². The van der Waals surface area contributed by atoms with Gasteiger partial charge in [-0.3, -0.25) is 9.69 Å². The number of rotatable bonds is 4. The lowest BCUT2D eigenvalue weighted by molar-refractivity contribution is -0.116. The quantitative estimate of drug-likeness (QED) is 0.660. The Hall–Kier alpha value is -3.52. The largest absolute Gasteiger partial charge is 0.342 e. The number of hydrogen-bond donors (Lipinski definition) is 2. The summed E-state index contributed by atoms with van der Waals surface area (Å²) in [4.78, 5) is 25.1. The fraction of sp³-hybridized carbons (Fsp3) is 0.143. The van der Waals surface area contributed by atoms with E-state index in [0.717, 1.165) is 16.8 Å². The van der Waals surface area contributed by atoms with E-state index in [4.69, 9.17) is 0 Å². The van der Waals surface area contributed by atoms with Crippen LogP contribution in [-0.2, 0) is 4.79 Å². The van der Waals surface area contributed by atoms with Crippen molar-refractivity contribution in [3.05, 3.63) is 71.8 Å². The Morgan fingerprint density at radius 2 is 1.92 bits per heavy atom. The van der Waals surface area contributed by atoms with Crippen molar-refractivity contribution < 1.29 is 9.59 Å². The summed E-state index contributed by atoms with van der Waals surface area (Å²) in [7, 11) is 0. The summed E-state index contributed by atoms with van der Waals surface area (Å²) in [5.41, 5.74) is 2.66. The third kappa shape index (κ3) is 4.74. The Labute approximate surface area is 152 Å². The van der Waals surface area contributed by atoms with Gasteiger partial charge < -0.3 is 10.6 Å². The van der Waals surface area contributed by atoms with Crippen molar-refractivity contribution in [2.45, 2.75) is 0 Å². The van der Waals surface area contributed by atoms with Gasteiger partial charge >= 0.3 is 6.03 Å². The molecule has 1 aliphatic heterocycles. The number of urea groups is 1. The minimum Gasteiger partial charge on any atom is -0.342 e. The van der Waals surface area contributed by atoms with Crippen LogP contribution in [-0.4, -0.2) is 31.6 Å². The van der Waals surface area contributed by atoms with E-state index >= 15 is 0 Å². The van der Waals surface area contributed by atoms with Gasteiger partial charge in [-0.2, -0.15) is 0 Å². The Bertz CT molecular complexity index is 862. The van der Waals surface area contributed by atoms with Crippen LogP contribution in [0.2, 0.25) is 0 Å². The summed E-state index contributed by atoms with van der Waals surface area (Å²) in [5, 5.41) is 5.49. The monoisotopic (exact) mass is 345 g/mol. The molecule has 130 valence electrons. The zero-order valence-corrected chi connectivity index (χ0v) is 14.2. The highest BCUT2D eigenvalue weighted by molar-refractivity contribution is 5.94. The van der Waals surface area contributed by atoms with Crippen LogP contribution in [0.4, 0.5) is 10.5 Å². The highest BCUT2D eigenvalue weighted by atomic mass is 16.2. The molecule has 0 saturated carbocycles. The predicted molar refractivity (Wildman–Crippen MR) is 103 cm³/mol. The van der Waals surface area contributed by atoms with Crippen molar-refractivity contribution in [3.8, 4) is 11.8 Å². The van der Waals surface area contributed by atoms with Crippen LogP contribution < -0.4 is 15.5 Å². The minimum absolute atomic E-state index is 0.0740. The van der Waals surface area contributed by atoms with Crippen LogP contribution in [0.5, 0.6) is 0 Å². The van der Waals surface area contributed by atoms with E-state index in [0.29, 0.717) is 13.1 Å². The molecule has 1 aliphatic rings. The van der Waals surface area contributed by atoms with E-state index in [1.165, 1.54) is 6.08 Å². The first kappa shape index (κ1) is 17.3. The molecule has 26 heavy (non-hydrogen) atoms. The molecule has 2 aromatic carbocycles. The molecule has 0 spiro atoms. The molecule has 0 bridgehead atoms. The van der Waals surface area contributed by atoms with Gasteiger partial charge in [0.05, 0.1) is 6.54 Å². The van der Waals surface area contributed by atoms with E-state index in [1.807, 2.05) is 54.6 Å². The predicted octanol–water partition coefficient (Wildman–Crippen LogP) is 2.40. The lowest BCUT2D eigenvalue weighted by Crippen LogP contribution is -2.27. The van der Waals surface area contributed by atoms with Gasteiger partial charge in [0.2, 0.25) is 5.91 Å². The lowest BCUT2D eigenvalue weighted by atomic mass is 10.2. The molecule has 5 heteroatoms. The molecule has 3 amide bonds. The van der Waals surface area contributed by atoms with E-state index in [1.54, 1.807) is 11.0 Å². The van der Waals surface area contributed by atoms with Gasteiger partial charge in [-0.05, 0) is 35.9 Å². The van der Waals surface area contributed by atoms with Gasteiger partial charge in [0.15, 0.2) is 0 Å². The fourth-order valence-electron chi connectivity index (χ4n) is 2.52.